The van der Waals surface area contributed by atoms with Crippen molar-refractivity contribution < 1.29 is 9.18 Å². The van der Waals surface area contributed by atoms with Gasteiger partial charge in [0.25, 0.3) is 0 Å². The van der Waals surface area contributed by atoms with E-state index in [0.717, 1.165) is 11.1 Å². The average molecular weight is 459 g/mol. The van der Waals surface area contributed by atoms with Gasteiger partial charge in [0, 0.05) is 39.8 Å². The van der Waals surface area contributed by atoms with Crippen LogP contribution in [0.5, 0.6) is 0 Å². The highest BCUT2D eigenvalue weighted by Gasteiger charge is 2.14. The molecule has 0 bridgehead atoms. The van der Waals surface area contributed by atoms with Crippen molar-refractivity contribution in [3.63, 3.8) is 0 Å². The van der Waals surface area contributed by atoms with E-state index in [1.54, 1.807) is 41.2 Å². The van der Waals surface area contributed by atoms with E-state index < -0.39 is 5.82 Å². The molecular formula is C24H16ClFN6O. The Balaban J connectivity index is 1.41. The summed E-state index contributed by atoms with van der Waals surface area (Å²) in [5.74, 6) is -0.311. The van der Waals surface area contributed by atoms with E-state index in [0.29, 0.717) is 22.9 Å². The van der Waals surface area contributed by atoms with E-state index in [1.807, 2.05) is 30.3 Å². The van der Waals surface area contributed by atoms with Gasteiger partial charge in [-0.05, 0) is 48.5 Å². The van der Waals surface area contributed by atoms with Crippen LogP contribution in [0.3, 0.4) is 0 Å². The number of nitrogens with one attached hydrogen (secondary N) is 1. The van der Waals surface area contributed by atoms with Crippen molar-refractivity contribution in [2.75, 3.05) is 5.32 Å². The normalized spacial score (nSPS) is 11.0. The summed E-state index contributed by atoms with van der Waals surface area (Å²) in [5, 5.41) is 16.1. The van der Waals surface area contributed by atoms with Crippen LogP contribution in [0.2, 0.25) is 5.02 Å². The summed E-state index contributed by atoms with van der Waals surface area (Å²) in [6, 6.07) is 18.9. The van der Waals surface area contributed by atoms with Gasteiger partial charge in [0.1, 0.15) is 5.82 Å². The molecule has 0 fully saturated rings. The molecule has 0 aliphatic carbocycles. The zero-order valence-electron chi connectivity index (χ0n) is 17.1. The minimum atomic E-state index is -0.512. The topological polar surface area (TPSA) is 85.1 Å². The lowest BCUT2D eigenvalue weighted by Gasteiger charge is -2.09. The zero-order chi connectivity index (χ0) is 22.8. The largest absolute Gasteiger partial charge is 0.326 e. The second-order valence-corrected chi connectivity index (χ2v) is 7.67. The summed E-state index contributed by atoms with van der Waals surface area (Å²) in [5.41, 5.74) is 3.56. The van der Waals surface area contributed by atoms with Crippen LogP contribution in [0.4, 0.5) is 10.1 Å². The monoisotopic (exact) mass is 458 g/mol. The van der Waals surface area contributed by atoms with Gasteiger partial charge in [0.05, 0.1) is 12.1 Å². The average Bonchev–Trinajstić information content (AvgIpc) is 3.26. The summed E-state index contributed by atoms with van der Waals surface area (Å²) in [7, 11) is 0. The van der Waals surface area contributed by atoms with Gasteiger partial charge in [0.2, 0.25) is 5.91 Å². The van der Waals surface area contributed by atoms with Gasteiger partial charge >= 0.3 is 0 Å². The van der Waals surface area contributed by atoms with Crippen molar-refractivity contribution in [1.82, 2.24) is 24.8 Å². The van der Waals surface area contributed by atoms with E-state index in [2.05, 4.69) is 25.6 Å². The molecule has 33 heavy (non-hydrogen) atoms. The Morgan fingerprint density at radius 2 is 1.85 bits per heavy atom. The summed E-state index contributed by atoms with van der Waals surface area (Å²) in [4.78, 5) is 16.6. The molecule has 7 nitrogen and oxygen atoms in total. The third-order valence-corrected chi connectivity index (χ3v) is 5.38. The number of fused-ring (bicyclic) bond motifs is 1. The van der Waals surface area contributed by atoms with E-state index in [4.69, 9.17) is 11.6 Å². The van der Waals surface area contributed by atoms with Gasteiger partial charge < -0.3 is 5.32 Å². The predicted molar refractivity (Wildman–Crippen MR) is 123 cm³/mol. The van der Waals surface area contributed by atoms with Gasteiger partial charge in [-0.3, -0.25) is 9.78 Å². The third-order valence-electron chi connectivity index (χ3n) is 5.02. The Hall–Kier alpha value is -4.17. The number of aromatic nitrogens is 5. The number of carbonyl (C=O) groups is 1. The second kappa shape index (κ2) is 8.76. The minimum Gasteiger partial charge on any atom is -0.326 e. The first-order valence-electron chi connectivity index (χ1n) is 10.0. The zero-order valence-corrected chi connectivity index (χ0v) is 17.9. The van der Waals surface area contributed by atoms with Crippen molar-refractivity contribution in [1.29, 1.82) is 0 Å². The maximum absolute atomic E-state index is 14.0. The molecule has 5 rings (SSSR count). The van der Waals surface area contributed by atoms with Gasteiger partial charge in [-0.1, -0.05) is 29.8 Å². The first kappa shape index (κ1) is 20.7. The molecule has 0 radical (unpaired) electrons. The first-order valence-corrected chi connectivity index (χ1v) is 10.4. The fourth-order valence-electron chi connectivity index (χ4n) is 3.44. The molecule has 0 saturated carbocycles. The van der Waals surface area contributed by atoms with Crippen molar-refractivity contribution in [2.45, 2.75) is 6.42 Å². The molecule has 1 N–H and O–H groups in total. The molecule has 1 amide bonds. The molecule has 0 atom stereocenters. The number of rotatable bonds is 5. The maximum Gasteiger partial charge on any atom is 0.228 e. The molecule has 0 unspecified atom stereocenters. The number of halogens is 2. The lowest BCUT2D eigenvalue weighted by atomic mass is 10.1. The van der Waals surface area contributed by atoms with Crippen LogP contribution in [0, 0.1) is 5.82 Å². The Morgan fingerprint density at radius 1 is 1.00 bits per heavy atom. The SMILES string of the molecule is O=C(Cc1c(F)cccc1Cl)Nc1cccc(-c2ccc3nnc(-c4cccnc4)n3n2)c1. The van der Waals surface area contributed by atoms with Crippen LogP contribution < -0.4 is 5.32 Å². The third kappa shape index (κ3) is 4.28. The molecule has 2 aromatic carbocycles. The highest BCUT2D eigenvalue weighted by molar-refractivity contribution is 6.31. The molecular weight excluding hydrogens is 443 g/mol. The predicted octanol–water partition coefficient (Wildman–Crippen LogP) is 4.83. The summed E-state index contributed by atoms with van der Waals surface area (Å²) in [6.07, 6.45) is 3.21. The van der Waals surface area contributed by atoms with E-state index in [9.17, 15) is 9.18 Å². The number of hydrogen-bond acceptors (Lipinski definition) is 5. The standard InChI is InChI=1S/C24H16ClFN6O/c25-19-7-2-8-20(26)18(19)13-23(33)28-17-6-1-4-15(12-17)21-9-10-22-29-30-24(32(22)31-21)16-5-3-11-27-14-16/h1-12,14H,13H2,(H,28,33). The molecule has 3 aromatic heterocycles. The van der Waals surface area contributed by atoms with E-state index >= 15 is 0 Å². The van der Waals surface area contributed by atoms with Crippen LogP contribution in [0.25, 0.3) is 28.3 Å². The van der Waals surface area contributed by atoms with Crippen molar-refractivity contribution >= 4 is 28.8 Å². The minimum absolute atomic E-state index is 0.162. The number of amides is 1. The Morgan fingerprint density at radius 3 is 2.67 bits per heavy atom. The Bertz CT molecular complexity index is 1450. The number of carbonyl (C=O) groups excluding carboxylic acids is 1. The van der Waals surface area contributed by atoms with Crippen LogP contribution in [-0.2, 0) is 11.2 Å². The van der Waals surface area contributed by atoms with Gasteiger partial charge in [-0.2, -0.15) is 9.61 Å². The number of pyridine rings is 1. The number of benzene rings is 2. The van der Waals surface area contributed by atoms with Crippen LogP contribution in [0.15, 0.2) is 79.1 Å². The van der Waals surface area contributed by atoms with Crippen molar-refractivity contribution in [3.8, 4) is 22.6 Å². The lowest BCUT2D eigenvalue weighted by Crippen LogP contribution is -2.15. The van der Waals surface area contributed by atoms with Gasteiger partial charge in [0.15, 0.2) is 11.5 Å². The number of hydrogen-bond donors (Lipinski definition) is 1. The fraction of sp³-hybridized carbons (Fsp3) is 0.0417. The van der Waals surface area contributed by atoms with Gasteiger partial charge in [-0.15, -0.1) is 10.2 Å². The quantitative estimate of drug-likeness (QED) is 0.408. The molecule has 0 aliphatic rings. The first-order chi connectivity index (χ1) is 16.1. The smallest absolute Gasteiger partial charge is 0.228 e. The summed E-state index contributed by atoms with van der Waals surface area (Å²) in [6.45, 7) is 0. The molecule has 162 valence electrons. The maximum atomic E-state index is 14.0. The number of anilines is 1. The Kier molecular flexibility index (Phi) is 5.50. The van der Waals surface area contributed by atoms with E-state index in [1.165, 1.54) is 12.1 Å². The van der Waals surface area contributed by atoms with Gasteiger partial charge in [-0.25, -0.2) is 4.39 Å². The summed E-state index contributed by atoms with van der Waals surface area (Å²) >= 11 is 6.03. The van der Waals surface area contributed by atoms with E-state index in [-0.39, 0.29) is 22.9 Å². The van der Waals surface area contributed by atoms with Crippen molar-refractivity contribution in [2.24, 2.45) is 0 Å². The molecule has 9 heteroatoms. The highest BCUT2D eigenvalue weighted by Crippen LogP contribution is 2.24. The molecule has 0 saturated heterocycles. The second-order valence-electron chi connectivity index (χ2n) is 7.26. The Labute approximate surface area is 192 Å². The van der Waals surface area contributed by atoms with Crippen LogP contribution in [0.1, 0.15) is 5.56 Å². The van der Waals surface area contributed by atoms with Crippen molar-refractivity contribution in [3.05, 3.63) is 95.5 Å². The molecule has 5 aromatic rings. The summed E-state index contributed by atoms with van der Waals surface area (Å²) < 4.78 is 15.7. The van der Waals surface area contributed by atoms with Crippen LogP contribution in [-0.4, -0.2) is 30.7 Å². The molecule has 3 heterocycles. The lowest BCUT2D eigenvalue weighted by molar-refractivity contribution is -0.115. The molecule has 0 spiro atoms. The molecule has 0 aliphatic heterocycles. The highest BCUT2D eigenvalue weighted by atomic mass is 35.5. The fourth-order valence-corrected chi connectivity index (χ4v) is 3.67. The number of nitrogens with zero attached hydrogens (tertiary/aromatic N) is 5. The van der Waals surface area contributed by atoms with Crippen LogP contribution >= 0.6 is 11.6 Å².